The first-order chi connectivity index (χ1) is 19.3. The van der Waals surface area contributed by atoms with Gasteiger partial charge >= 0.3 is 11.9 Å². The summed E-state index contributed by atoms with van der Waals surface area (Å²) in [5.41, 5.74) is 7.03. The van der Waals surface area contributed by atoms with Crippen molar-refractivity contribution in [3.63, 3.8) is 0 Å². The van der Waals surface area contributed by atoms with Gasteiger partial charge in [0.15, 0.2) is 0 Å². The molecular formula is C28H36N4O9. The lowest BCUT2D eigenvalue weighted by Crippen LogP contribution is -2.58. The molecule has 13 heteroatoms. The Balaban J connectivity index is 2.25. The van der Waals surface area contributed by atoms with Gasteiger partial charge in [0.2, 0.25) is 17.7 Å². The molecule has 0 aliphatic heterocycles. The summed E-state index contributed by atoms with van der Waals surface area (Å²) in [4.78, 5) is 62.5. The summed E-state index contributed by atoms with van der Waals surface area (Å²) in [7, 11) is 0. The lowest BCUT2D eigenvalue weighted by atomic mass is 9.98. The van der Waals surface area contributed by atoms with Gasteiger partial charge in [-0.1, -0.05) is 44.5 Å². The first kappa shape index (κ1) is 32.6. The Morgan fingerprint density at radius 1 is 0.707 bits per heavy atom. The fourth-order valence-corrected chi connectivity index (χ4v) is 3.85. The van der Waals surface area contributed by atoms with Crippen LogP contribution in [0.15, 0.2) is 48.5 Å². The van der Waals surface area contributed by atoms with Crippen LogP contribution in [0.25, 0.3) is 0 Å². The minimum absolute atomic E-state index is 0.0175. The molecule has 0 saturated carbocycles. The van der Waals surface area contributed by atoms with E-state index in [0.717, 1.165) is 0 Å². The van der Waals surface area contributed by atoms with Gasteiger partial charge in [-0.25, -0.2) is 4.79 Å². The molecule has 13 nitrogen and oxygen atoms in total. The smallest absolute Gasteiger partial charge is 0.326 e. The summed E-state index contributed by atoms with van der Waals surface area (Å²) in [5, 5.41) is 45.1. The van der Waals surface area contributed by atoms with Gasteiger partial charge in [-0.3, -0.25) is 19.2 Å². The third-order valence-electron chi connectivity index (χ3n) is 6.57. The highest BCUT2D eigenvalue weighted by atomic mass is 16.4. The molecule has 2 aromatic carbocycles. The number of phenols is 2. The van der Waals surface area contributed by atoms with E-state index < -0.39 is 60.2 Å². The number of aromatic hydroxyl groups is 2. The summed E-state index contributed by atoms with van der Waals surface area (Å²) in [6.07, 6.45) is -0.526. The maximum absolute atomic E-state index is 13.3. The average molecular weight is 573 g/mol. The van der Waals surface area contributed by atoms with Crippen molar-refractivity contribution in [1.82, 2.24) is 16.0 Å². The molecule has 0 aromatic heterocycles. The summed E-state index contributed by atoms with van der Waals surface area (Å²) < 4.78 is 0. The minimum Gasteiger partial charge on any atom is -0.508 e. The number of benzene rings is 2. The molecule has 0 aliphatic carbocycles. The molecule has 0 bridgehead atoms. The normalized spacial score (nSPS) is 14.5. The molecule has 0 radical (unpaired) electrons. The molecule has 0 saturated heterocycles. The molecule has 0 aliphatic rings. The second kappa shape index (κ2) is 15.2. The predicted molar refractivity (Wildman–Crippen MR) is 147 cm³/mol. The Morgan fingerprint density at radius 2 is 1.12 bits per heavy atom. The zero-order valence-corrected chi connectivity index (χ0v) is 22.7. The van der Waals surface area contributed by atoms with Crippen LogP contribution in [-0.2, 0) is 36.8 Å². The van der Waals surface area contributed by atoms with Crippen molar-refractivity contribution in [2.24, 2.45) is 11.7 Å². The quantitative estimate of drug-likeness (QED) is 0.145. The number of carboxylic acid groups (broad SMARTS) is 2. The molecule has 222 valence electrons. The van der Waals surface area contributed by atoms with Crippen molar-refractivity contribution in [3.05, 3.63) is 59.7 Å². The number of nitrogens with one attached hydrogen (secondary N) is 3. The van der Waals surface area contributed by atoms with E-state index in [1.807, 2.05) is 6.92 Å². The molecular weight excluding hydrogens is 536 g/mol. The summed E-state index contributed by atoms with van der Waals surface area (Å²) in [5.74, 6) is -5.68. The topological polar surface area (TPSA) is 228 Å². The number of nitrogens with two attached hydrogens (primary N) is 1. The molecule has 0 spiro atoms. The van der Waals surface area contributed by atoms with E-state index in [2.05, 4.69) is 16.0 Å². The average Bonchev–Trinajstić information content (AvgIpc) is 2.92. The number of amides is 3. The summed E-state index contributed by atoms with van der Waals surface area (Å²) in [6, 6.07) is 6.09. The van der Waals surface area contributed by atoms with Gasteiger partial charge in [0.25, 0.3) is 0 Å². The van der Waals surface area contributed by atoms with Gasteiger partial charge in [0.1, 0.15) is 29.6 Å². The monoisotopic (exact) mass is 572 g/mol. The van der Waals surface area contributed by atoms with E-state index in [0.29, 0.717) is 17.5 Å². The van der Waals surface area contributed by atoms with Crippen LogP contribution in [0.5, 0.6) is 11.5 Å². The Bertz CT molecular complexity index is 1220. The minimum atomic E-state index is -1.68. The molecule has 3 amide bonds. The standard InChI is InChI=1S/C28H36N4O9/c1-3-15(2)24(29)27(39)31-20(12-16-4-8-18(33)9-5-16)25(37)30-21(14-23(35)36)26(38)32-22(28(40)41)13-17-6-10-19(34)11-7-17/h4-11,15,20-22,24,33-34H,3,12-14,29H2,1-2H3,(H,30,37)(H,31,39)(H,32,38)(H,35,36)(H,40,41). The highest BCUT2D eigenvalue weighted by Crippen LogP contribution is 2.14. The molecule has 9 N–H and O–H groups in total. The Morgan fingerprint density at radius 3 is 1.56 bits per heavy atom. The van der Waals surface area contributed by atoms with Crippen LogP contribution in [0.1, 0.15) is 37.8 Å². The van der Waals surface area contributed by atoms with Gasteiger partial charge in [0, 0.05) is 12.8 Å². The van der Waals surface area contributed by atoms with Crippen molar-refractivity contribution in [2.45, 2.75) is 63.7 Å². The fourth-order valence-electron chi connectivity index (χ4n) is 3.85. The van der Waals surface area contributed by atoms with E-state index in [4.69, 9.17) is 5.73 Å². The third kappa shape index (κ3) is 10.4. The van der Waals surface area contributed by atoms with Crippen molar-refractivity contribution < 1.29 is 44.4 Å². The SMILES string of the molecule is CCC(C)C(N)C(=O)NC(Cc1ccc(O)cc1)C(=O)NC(CC(=O)O)C(=O)NC(Cc1ccc(O)cc1)C(=O)O. The largest absolute Gasteiger partial charge is 0.508 e. The Labute approximate surface area is 236 Å². The summed E-state index contributed by atoms with van der Waals surface area (Å²) in [6.45, 7) is 3.61. The lowest BCUT2D eigenvalue weighted by Gasteiger charge is -2.26. The molecule has 41 heavy (non-hydrogen) atoms. The van der Waals surface area contributed by atoms with E-state index >= 15 is 0 Å². The maximum Gasteiger partial charge on any atom is 0.326 e. The zero-order valence-electron chi connectivity index (χ0n) is 22.7. The van der Waals surface area contributed by atoms with Crippen molar-refractivity contribution in [2.75, 3.05) is 0 Å². The van der Waals surface area contributed by atoms with Crippen LogP contribution in [0.2, 0.25) is 0 Å². The highest BCUT2D eigenvalue weighted by molar-refractivity contribution is 5.95. The number of phenolic OH excluding ortho intramolecular Hbond substituents is 2. The number of rotatable bonds is 15. The van der Waals surface area contributed by atoms with Crippen LogP contribution < -0.4 is 21.7 Å². The van der Waals surface area contributed by atoms with Crippen LogP contribution in [0.4, 0.5) is 0 Å². The maximum atomic E-state index is 13.3. The fraction of sp³-hybridized carbons (Fsp3) is 0.393. The van der Waals surface area contributed by atoms with Crippen LogP contribution in [-0.4, -0.2) is 74.3 Å². The van der Waals surface area contributed by atoms with Gasteiger partial charge in [-0.05, 0) is 41.3 Å². The number of carboxylic acids is 2. The first-order valence-corrected chi connectivity index (χ1v) is 13.0. The number of hydrogen-bond acceptors (Lipinski definition) is 8. The first-order valence-electron chi connectivity index (χ1n) is 13.0. The van der Waals surface area contributed by atoms with E-state index in [9.17, 15) is 44.4 Å². The Hall–Kier alpha value is -4.65. The predicted octanol–water partition coefficient (Wildman–Crippen LogP) is 0.270. The number of carbonyl (C=O) groups excluding carboxylic acids is 3. The van der Waals surface area contributed by atoms with Gasteiger partial charge in [-0.15, -0.1) is 0 Å². The second-order valence-corrected chi connectivity index (χ2v) is 9.77. The summed E-state index contributed by atoms with van der Waals surface area (Å²) >= 11 is 0. The van der Waals surface area contributed by atoms with E-state index in [1.54, 1.807) is 6.92 Å². The van der Waals surface area contributed by atoms with Crippen LogP contribution >= 0.6 is 0 Å². The third-order valence-corrected chi connectivity index (χ3v) is 6.57. The number of aliphatic carboxylic acids is 2. The van der Waals surface area contributed by atoms with Crippen molar-refractivity contribution >= 4 is 29.7 Å². The number of carbonyl (C=O) groups is 5. The second-order valence-electron chi connectivity index (χ2n) is 9.77. The molecule has 2 aromatic rings. The van der Waals surface area contributed by atoms with Gasteiger partial charge in [-0.2, -0.15) is 0 Å². The highest BCUT2D eigenvalue weighted by Gasteiger charge is 2.32. The van der Waals surface area contributed by atoms with Crippen LogP contribution in [0, 0.1) is 5.92 Å². The molecule has 2 rings (SSSR count). The van der Waals surface area contributed by atoms with Gasteiger partial charge < -0.3 is 42.1 Å². The molecule has 5 unspecified atom stereocenters. The number of hydrogen-bond donors (Lipinski definition) is 8. The lowest BCUT2D eigenvalue weighted by molar-refractivity contribution is -0.143. The van der Waals surface area contributed by atoms with E-state index in [1.165, 1.54) is 48.5 Å². The molecule has 0 heterocycles. The van der Waals surface area contributed by atoms with Gasteiger partial charge in [0.05, 0.1) is 12.5 Å². The van der Waals surface area contributed by atoms with Crippen molar-refractivity contribution in [3.8, 4) is 11.5 Å². The van der Waals surface area contributed by atoms with E-state index in [-0.39, 0.29) is 30.3 Å². The Kier molecular flexibility index (Phi) is 12.1. The zero-order chi connectivity index (χ0) is 30.7. The van der Waals surface area contributed by atoms with Crippen molar-refractivity contribution in [1.29, 1.82) is 0 Å². The van der Waals surface area contributed by atoms with Crippen LogP contribution in [0.3, 0.4) is 0 Å². The molecule has 5 atom stereocenters. The molecule has 0 fully saturated rings.